The Morgan fingerprint density at radius 2 is 1.73 bits per heavy atom. The molecule has 1 fully saturated rings. The van der Waals surface area contributed by atoms with E-state index in [2.05, 4.69) is 17.9 Å². The van der Waals surface area contributed by atoms with Crippen LogP contribution in [0.2, 0.25) is 0 Å². The predicted octanol–water partition coefficient (Wildman–Crippen LogP) is 1.80. The zero-order valence-electron chi connectivity index (χ0n) is 11.8. The summed E-state index contributed by atoms with van der Waals surface area (Å²) in [4.78, 5) is 48.9. The van der Waals surface area contributed by atoms with E-state index in [-0.39, 0.29) is 30.3 Å². The van der Waals surface area contributed by atoms with E-state index in [9.17, 15) is 19.2 Å². The normalized spacial score (nSPS) is 25.5. The van der Waals surface area contributed by atoms with Crippen molar-refractivity contribution in [3.63, 3.8) is 0 Å². The Bertz CT molecular complexity index is 697. The van der Waals surface area contributed by atoms with E-state index in [1.54, 1.807) is 18.2 Å². The van der Waals surface area contributed by atoms with Gasteiger partial charge in [0.2, 0.25) is 11.8 Å². The lowest BCUT2D eigenvalue weighted by Gasteiger charge is -2.27. The summed E-state index contributed by atoms with van der Waals surface area (Å²) >= 11 is 4.27. The third-order valence-corrected chi connectivity index (χ3v) is 4.75. The van der Waals surface area contributed by atoms with Crippen molar-refractivity contribution in [1.82, 2.24) is 5.32 Å². The van der Waals surface area contributed by atoms with Gasteiger partial charge < -0.3 is 0 Å². The Kier molecular flexibility index (Phi) is 3.87. The van der Waals surface area contributed by atoms with E-state index in [1.807, 2.05) is 0 Å². The molecule has 1 aromatic rings. The van der Waals surface area contributed by atoms with Gasteiger partial charge in [-0.15, -0.1) is 12.6 Å². The average molecular weight is 317 g/mol. The number of thiol groups is 1. The lowest BCUT2D eigenvalue weighted by molar-refractivity contribution is -0.137. The summed E-state index contributed by atoms with van der Waals surface area (Å²) in [6, 6.07) is 4.97. The van der Waals surface area contributed by atoms with Crippen molar-refractivity contribution in [3.8, 4) is 0 Å². The Morgan fingerprint density at radius 3 is 2.45 bits per heavy atom. The number of nitrogens with one attached hydrogen (secondary N) is 1. The largest absolute Gasteiger partial charge is 0.296 e. The van der Waals surface area contributed by atoms with Gasteiger partial charge in [-0.3, -0.25) is 24.5 Å². The number of fused-ring (bicyclic) bond motifs is 1. The molecule has 3 rings (SSSR count). The molecule has 2 atom stereocenters. The smallest absolute Gasteiger partial charge is 0.230 e. The molecule has 6 heteroatoms. The highest BCUT2D eigenvalue weighted by Gasteiger charge is 2.40. The van der Waals surface area contributed by atoms with Crippen LogP contribution in [0.4, 0.5) is 0 Å². The molecule has 1 heterocycles. The van der Waals surface area contributed by atoms with Crippen molar-refractivity contribution in [2.24, 2.45) is 11.8 Å². The Balaban J connectivity index is 1.99. The quantitative estimate of drug-likeness (QED) is 0.470. The molecule has 0 radical (unpaired) electrons. The topological polar surface area (TPSA) is 80.3 Å². The van der Waals surface area contributed by atoms with E-state index in [0.29, 0.717) is 28.9 Å². The van der Waals surface area contributed by atoms with Gasteiger partial charge in [0.05, 0.1) is 0 Å². The van der Waals surface area contributed by atoms with E-state index in [4.69, 9.17) is 0 Å². The second-order valence-corrected chi connectivity index (χ2v) is 6.17. The minimum atomic E-state index is -0.562. The summed E-state index contributed by atoms with van der Waals surface area (Å²) in [5.41, 5.74) is 0.690. The van der Waals surface area contributed by atoms with Gasteiger partial charge in [0.15, 0.2) is 11.6 Å². The van der Waals surface area contributed by atoms with Gasteiger partial charge in [-0.05, 0) is 18.9 Å². The molecule has 0 spiro atoms. The number of hydrogen-bond donors (Lipinski definition) is 2. The van der Waals surface area contributed by atoms with Gasteiger partial charge in [0.1, 0.15) is 0 Å². The van der Waals surface area contributed by atoms with Gasteiger partial charge >= 0.3 is 0 Å². The number of amides is 2. The van der Waals surface area contributed by atoms with Gasteiger partial charge in [-0.1, -0.05) is 12.1 Å². The Labute approximate surface area is 132 Å². The van der Waals surface area contributed by atoms with Crippen LogP contribution in [0.1, 0.15) is 46.4 Å². The SMILES string of the molecule is O=C1CCC(C2CCC(=O)c3c(S)cccc3C2=O)C(=O)N1. The summed E-state index contributed by atoms with van der Waals surface area (Å²) in [6.07, 6.45) is 1.11. The second kappa shape index (κ2) is 5.68. The zero-order valence-corrected chi connectivity index (χ0v) is 12.7. The summed E-state index contributed by atoms with van der Waals surface area (Å²) in [7, 11) is 0. The molecule has 2 amide bonds. The van der Waals surface area contributed by atoms with E-state index in [0.717, 1.165) is 0 Å². The summed E-state index contributed by atoms with van der Waals surface area (Å²) in [5.74, 6) is -2.15. The Hall–Kier alpha value is -1.95. The van der Waals surface area contributed by atoms with E-state index < -0.39 is 17.7 Å². The van der Waals surface area contributed by atoms with Gasteiger partial charge in [-0.2, -0.15) is 0 Å². The number of carbonyl (C=O) groups excluding carboxylic acids is 4. The highest BCUT2D eigenvalue weighted by atomic mass is 32.1. The molecule has 1 aliphatic heterocycles. The van der Waals surface area contributed by atoms with Crippen LogP contribution in [-0.4, -0.2) is 23.4 Å². The van der Waals surface area contributed by atoms with Crippen LogP contribution in [0.25, 0.3) is 0 Å². The number of piperidine rings is 1. The van der Waals surface area contributed by atoms with Crippen LogP contribution in [-0.2, 0) is 9.59 Å². The molecule has 114 valence electrons. The molecule has 2 unspecified atom stereocenters. The average Bonchev–Trinajstić information content (AvgIpc) is 2.59. The molecule has 1 aromatic carbocycles. The number of carbonyl (C=O) groups is 4. The standard InChI is InChI=1S/C16H15NO4S/c18-11-6-4-8(9-5-7-13(19)17-16(9)21)15(20)10-2-1-3-12(22)14(10)11/h1-3,8-9,22H,4-7H2,(H,17,19,21). The number of hydrogen-bond acceptors (Lipinski definition) is 5. The molecule has 0 bridgehead atoms. The van der Waals surface area contributed by atoms with Crippen molar-refractivity contribution in [3.05, 3.63) is 29.3 Å². The second-order valence-electron chi connectivity index (χ2n) is 5.69. The molecule has 1 saturated heterocycles. The first-order valence-electron chi connectivity index (χ1n) is 7.22. The number of imide groups is 1. The van der Waals surface area contributed by atoms with Crippen LogP contribution in [0.15, 0.2) is 23.1 Å². The first kappa shape index (κ1) is 15.0. The van der Waals surface area contributed by atoms with E-state index >= 15 is 0 Å². The molecule has 1 aliphatic carbocycles. The summed E-state index contributed by atoms with van der Waals surface area (Å²) in [5, 5.41) is 2.28. The Morgan fingerprint density at radius 1 is 1.00 bits per heavy atom. The first-order chi connectivity index (χ1) is 10.5. The molecule has 0 saturated carbocycles. The lowest BCUT2D eigenvalue weighted by Crippen LogP contribution is -2.45. The highest BCUT2D eigenvalue weighted by Crippen LogP contribution is 2.34. The molecular weight excluding hydrogens is 302 g/mol. The number of rotatable bonds is 1. The molecule has 0 aromatic heterocycles. The maximum Gasteiger partial charge on any atom is 0.230 e. The van der Waals surface area contributed by atoms with Crippen LogP contribution in [0.3, 0.4) is 0 Å². The van der Waals surface area contributed by atoms with Crippen molar-refractivity contribution in [2.75, 3.05) is 0 Å². The zero-order chi connectivity index (χ0) is 15.9. The molecule has 1 N–H and O–H groups in total. The molecule has 5 nitrogen and oxygen atoms in total. The van der Waals surface area contributed by atoms with Gasteiger partial charge in [0.25, 0.3) is 0 Å². The van der Waals surface area contributed by atoms with Crippen LogP contribution < -0.4 is 5.32 Å². The fourth-order valence-electron chi connectivity index (χ4n) is 3.26. The maximum atomic E-state index is 12.8. The monoisotopic (exact) mass is 317 g/mol. The van der Waals surface area contributed by atoms with E-state index in [1.165, 1.54) is 0 Å². The van der Waals surface area contributed by atoms with Gasteiger partial charge in [0, 0.05) is 40.7 Å². The van der Waals surface area contributed by atoms with Crippen LogP contribution in [0, 0.1) is 11.8 Å². The number of ketones is 2. The summed E-state index contributed by atoms with van der Waals surface area (Å²) < 4.78 is 0. The van der Waals surface area contributed by atoms with Crippen LogP contribution >= 0.6 is 12.6 Å². The molecular formula is C16H15NO4S. The van der Waals surface area contributed by atoms with Crippen molar-refractivity contribution >= 4 is 36.0 Å². The predicted molar refractivity (Wildman–Crippen MR) is 81.0 cm³/mol. The minimum Gasteiger partial charge on any atom is -0.296 e. The fraction of sp³-hybridized carbons (Fsp3) is 0.375. The molecule has 2 aliphatic rings. The maximum absolute atomic E-state index is 12.8. The van der Waals surface area contributed by atoms with Gasteiger partial charge in [-0.25, -0.2) is 0 Å². The lowest BCUT2D eigenvalue weighted by atomic mass is 9.79. The van der Waals surface area contributed by atoms with Crippen LogP contribution in [0.5, 0.6) is 0 Å². The highest BCUT2D eigenvalue weighted by molar-refractivity contribution is 7.80. The first-order valence-corrected chi connectivity index (χ1v) is 7.67. The third kappa shape index (κ3) is 2.47. The summed E-state index contributed by atoms with van der Waals surface area (Å²) in [6.45, 7) is 0. The third-order valence-electron chi connectivity index (χ3n) is 4.37. The molecule has 22 heavy (non-hydrogen) atoms. The number of benzene rings is 1. The fourth-order valence-corrected chi connectivity index (χ4v) is 3.59. The van der Waals surface area contributed by atoms with Crippen molar-refractivity contribution in [2.45, 2.75) is 30.6 Å². The van der Waals surface area contributed by atoms with Crippen molar-refractivity contribution < 1.29 is 19.2 Å². The number of Topliss-reactive ketones (excluding diaryl/α,β-unsaturated/α-hetero) is 2. The van der Waals surface area contributed by atoms with Crippen molar-refractivity contribution in [1.29, 1.82) is 0 Å². The minimum absolute atomic E-state index is 0.122.